The van der Waals surface area contributed by atoms with Gasteiger partial charge in [0.25, 0.3) is 0 Å². The minimum Gasteiger partial charge on any atom is -0.352 e. The average molecular weight is 310 g/mol. The third-order valence-corrected chi connectivity index (χ3v) is 4.01. The predicted molar refractivity (Wildman–Crippen MR) is 82.3 cm³/mol. The predicted octanol–water partition coefficient (Wildman–Crippen LogP) is 0.690. The molecule has 1 aromatic carbocycles. The Morgan fingerprint density at radius 2 is 2.10 bits per heavy atom. The summed E-state index contributed by atoms with van der Waals surface area (Å²) in [7, 11) is 0. The lowest BCUT2D eigenvalue weighted by atomic mass is 9.94. The summed E-state index contributed by atoms with van der Waals surface area (Å²) >= 11 is 0. The largest absolute Gasteiger partial charge is 0.352 e. The second kappa shape index (κ2) is 6.91. The van der Waals surface area contributed by atoms with Crippen molar-refractivity contribution in [2.75, 3.05) is 13.1 Å². The van der Waals surface area contributed by atoms with Crippen LogP contribution >= 0.6 is 12.4 Å². The zero-order valence-electron chi connectivity index (χ0n) is 11.7. The van der Waals surface area contributed by atoms with E-state index in [9.17, 15) is 9.59 Å². The lowest BCUT2D eigenvalue weighted by Crippen LogP contribution is -2.45. The van der Waals surface area contributed by atoms with Crippen LogP contribution in [0.15, 0.2) is 24.3 Å². The Hall–Kier alpha value is -1.59. The molecule has 6 heteroatoms. The third kappa shape index (κ3) is 3.54. The number of benzene rings is 1. The molecule has 0 aliphatic carbocycles. The molecular weight excluding hydrogens is 290 g/mol. The van der Waals surface area contributed by atoms with Crippen molar-refractivity contribution in [3.05, 3.63) is 35.4 Å². The maximum absolute atomic E-state index is 12.0. The molecule has 1 aromatic rings. The first-order valence-corrected chi connectivity index (χ1v) is 7.12. The molecule has 2 aliphatic heterocycles. The van der Waals surface area contributed by atoms with Crippen molar-refractivity contribution in [2.24, 2.45) is 0 Å². The van der Waals surface area contributed by atoms with Gasteiger partial charge in [-0.1, -0.05) is 24.3 Å². The van der Waals surface area contributed by atoms with Crippen molar-refractivity contribution in [1.82, 2.24) is 16.0 Å². The smallest absolute Gasteiger partial charge is 0.242 e. The van der Waals surface area contributed by atoms with Crippen molar-refractivity contribution < 1.29 is 9.59 Å². The van der Waals surface area contributed by atoms with Gasteiger partial charge in [-0.15, -0.1) is 12.4 Å². The highest BCUT2D eigenvalue weighted by atomic mass is 35.5. The van der Waals surface area contributed by atoms with Crippen molar-refractivity contribution in [2.45, 2.75) is 31.3 Å². The molecule has 21 heavy (non-hydrogen) atoms. The zero-order valence-corrected chi connectivity index (χ0v) is 12.5. The molecule has 2 atom stereocenters. The Labute approximate surface area is 130 Å². The highest BCUT2D eigenvalue weighted by Gasteiger charge is 2.28. The molecule has 0 saturated carbocycles. The molecule has 0 bridgehead atoms. The molecule has 1 saturated heterocycles. The zero-order chi connectivity index (χ0) is 13.9. The van der Waals surface area contributed by atoms with Crippen molar-refractivity contribution >= 4 is 24.2 Å². The van der Waals surface area contributed by atoms with Gasteiger partial charge in [-0.2, -0.15) is 0 Å². The van der Waals surface area contributed by atoms with Crippen LogP contribution in [0, 0.1) is 0 Å². The molecule has 0 spiro atoms. The second-order valence-electron chi connectivity index (χ2n) is 5.36. The third-order valence-electron chi connectivity index (χ3n) is 4.01. The van der Waals surface area contributed by atoms with E-state index < -0.39 is 0 Å². The fourth-order valence-corrected chi connectivity index (χ4v) is 2.91. The standard InChI is InChI=1S/C15H19N3O2.ClH/c19-14-6-5-12(18-14)15(20)17-9-13-11-4-2-1-3-10(11)7-8-16-13;/h1-4,12-13,16H,5-9H2,(H,17,20)(H,18,19);1H/t12-,13?;/m1./s1. The Balaban J connectivity index is 0.00000161. The SMILES string of the molecule is Cl.O=C1CC[C@H](C(=O)NCC2NCCc3ccccc32)N1. The van der Waals surface area contributed by atoms with E-state index in [0.717, 1.165) is 13.0 Å². The lowest BCUT2D eigenvalue weighted by Gasteiger charge is -2.27. The highest BCUT2D eigenvalue weighted by molar-refractivity contribution is 5.90. The first-order valence-electron chi connectivity index (χ1n) is 7.12. The number of hydrogen-bond acceptors (Lipinski definition) is 3. The van der Waals surface area contributed by atoms with E-state index in [-0.39, 0.29) is 36.3 Å². The van der Waals surface area contributed by atoms with E-state index in [4.69, 9.17) is 0 Å². The number of halogens is 1. The average Bonchev–Trinajstić information content (AvgIpc) is 2.91. The lowest BCUT2D eigenvalue weighted by molar-refractivity contribution is -0.125. The topological polar surface area (TPSA) is 70.2 Å². The number of fused-ring (bicyclic) bond motifs is 1. The molecule has 2 aliphatic rings. The molecule has 2 heterocycles. The van der Waals surface area contributed by atoms with Gasteiger partial charge in [0, 0.05) is 19.0 Å². The molecule has 2 amide bonds. The van der Waals surface area contributed by atoms with E-state index in [0.29, 0.717) is 19.4 Å². The van der Waals surface area contributed by atoms with Crippen LogP contribution in [0.4, 0.5) is 0 Å². The fraction of sp³-hybridized carbons (Fsp3) is 0.467. The van der Waals surface area contributed by atoms with Crippen LogP contribution in [-0.2, 0) is 16.0 Å². The van der Waals surface area contributed by atoms with Gasteiger partial charge < -0.3 is 16.0 Å². The van der Waals surface area contributed by atoms with Gasteiger partial charge in [0.15, 0.2) is 0 Å². The number of rotatable bonds is 3. The second-order valence-corrected chi connectivity index (χ2v) is 5.36. The Bertz CT molecular complexity index is 535. The normalized spacial score (nSPS) is 23.7. The van der Waals surface area contributed by atoms with E-state index in [2.05, 4.69) is 28.1 Å². The van der Waals surface area contributed by atoms with Crippen molar-refractivity contribution in [1.29, 1.82) is 0 Å². The Morgan fingerprint density at radius 3 is 2.86 bits per heavy atom. The fourth-order valence-electron chi connectivity index (χ4n) is 2.91. The summed E-state index contributed by atoms with van der Waals surface area (Å²) in [4.78, 5) is 23.1. The van der Waals surface area contributed by atoms with Crippen molar-refractivity contribution in [3.8, 4) is 0 Å². The molecule has 5 nitrogen and oxygen atoms in total. The van der Waals surface area contributed by atoms with Crippen LogP contribution in [0.2, 0.25) is 0 Å². The van der Waals surface area contributed by atoms with E-state index in [1.165, 1.54) is 11.1 Å². The quantitative estimate of drug-likeness (QED) is 0.769. The summed E-state index contributed by atoms with van der Waals surface area (Å²) in [5.41, 5.74) is 2.61. The minimum absolute atomic E-state index is 0. The Morgan fingerprint density at radius 1 is 1.29 bits per heavy atom. The van der Waals surface area contributed by atoms with Crippen LogP contribution in [0.25, 0.3) is 0 Å². The van der Waals surface area contributed by atoms with E-state index >= 15 is 0 Å². The molecule has 0 radical (unpaired) electrons. The van der Waals surface area contributed by atoms with Gasteiger partial charge in [-0.05, 0) is 30.5 Å². The summed E-state index contributed by atoms with van der Waals surface area (Å²) < 4.78 is 0. The highest BCUT2D eigenvalue weighted by Crippen LogP contribution is 2.21. The van der Waals surface area contributed by atoms with Crippen LogP contribution in [0.3, 0.4) is 0 Å². The van der Waals surface area contributed by atoms with Gasteiger partial charge in [0.1, 0.15) is 6.04 Å². The first kappa shape index (κ1) is 15.8. The summed E-state index contributed by atoms with van der Waals surface area (Å²) in [6.45, 7) is 1.49. The van der Waals surface area contributed by atoms with Crippen LogP contribution in [0.1, 0.15) is 30.0 Å². The van der Waals surface area contributed by atoms with E-state index in [1.807, 2.05) is 12.1 Å². The van der Waals surface area contributed by atoms with Gasteiger partial charge in [0.05, 0.1) is 0 Å². The molecule has 1 fully saturated rings. The molecule has 1 unspecified atom stereocenters. The molecular formula is C15H20ClN3O2. The van der Waals surface area contributed by atoms with Crippen LogP contribution < -0.4 is 16.0 Å². The molecule has 0 aromatic heterocycles. The minimum atomic E-state index is -0.360. The summed E-state index contributed by atoms with van der Waals surface area (Å²) in [6.07, 6.45) is 2.07. The Kier molecular flexibility index (Phi) is 5.20. The number of nitrogens with one attached hydrogen (secondary N) is 3. The van der Waals surface area contributed by atoms with Crippen LogP contribution in [-0.4, -0.2) is 30.9 Å². The number of hydrogen-bond donors (Lipinski definition) is 3. The maximum Gasteiger partial charge on any atom is 0.242 e. The van der Waals surface area contributed by atoms with Gasteiger partial charge in [-0.3, -0.25) is 9.59 Å². The molecule has 114 valence electrons. The molecule has 3 rings (SSSR count). The number of amides is 2. The van der Waals surface area contributed by atoms with E-state index in [1.54, 1.807) is 0 Å². The summed E-state index contributed by atoms with van der Waals surface area (Å²) in [5.74, 6) is -0.119. The number of carbonyl (C=O) groups excluding carboxylic acids is 2. The van der Waals surface area contributed by atoms with Gasteiger partial charge in [0.2, 0.25) is 11.8 Å². The number of carbonyl (C=O) groups is 2. The summed E-state index contributed by atoms with van der Waals surface area (Å²) in [5, 5.41) is 9.06. The van der Waals surface area contributed by atoms with Gasteiger partial charge >= 0.3 is 0 Å². The first-order chi connectivity index (χ1) is 9.74. The maximum atomic E-state index is 12.0. The van der Waals surface area contributed by atoms with Crippen LogP contribution in [0.5, 0.6) is 0 Å². The summed E-state index contributed by atoms with van der Waals surface area (Å²) in [6, 6.07) is 8.12. The van der Waals surface area contributed by atoms with Gasteiger partial charge in [-0.25, -0.2) is 0 Å². The van der Waals surface area contributed by atoms with Crippen molar-refractivity contribution in [3.63, 3.8) is 0 Å². The molecule has 3 N–H and O–H groups in total. The monoisotopic (exact) mass is 309 g/mol.